The number of benzene rings is 2. The molecule has 3 nitrogen and oxygen atoms in total. The van der Waals surface area contributed by atoms with Crippen molar-refractivity contribution in [2.45, 2.75) is 25.1 Å². The van der Waals surface area contributed by atoms with Gasteiger partial charge in [0.15, 0.2) is 0 Å². The summed E-state index contributed by atoms with van der Waals surface area (Å²) in [7, 11) is 0. The second-order valence-corrected chi connectivity index (χ2v) is 8.28. The van der Waals surface area contributed by atoms with Crippen molar-refractivity contribution in [3.63, 3.8) is 0 Å². The van der Waals surface area contributed by atoms with Gasteiger partial charge in [-0.1, -0.05) is 54.0 Å². The van der Waals surface area contributed by atoms with E-state index in [9.17, 15) is 4.79 Å². The molecule has 0 bridgehead atoms. The van der Waals surface area contributed by atoms with Crippen LogP contribution >= 0.6 is 27.7 Å². The summed E-state index contributed by atoms with van der Waals surface area (Å²) in [6.07, 6.45) is 0. The van der Waals surface area contributed by atoms with Crippen LogP contribution in [0.4, 0.5) is 10.5 Å². The van der Waals surface area contributed by atoms with Crippen molar-refractivity contribution in [2.24, 2.45) is 0 Å². The number of rotatable bonds is 3. The SMILES string of the molecule is CC(C)c1ccc([C@H]2SCCN2C(=O)Nc2ccc(Br)cc2)cc1. The summed E-state index contributed by atoms with van der Waals surface area (Å²) in [4.78, 5) is 14.6. The zero-order chi connectivity index (χ0) is 17.1. The number of hydrogen-bond acceptors (Lipinski definition) is 2. The molecule has 0 radical (unpaired) electrons. The molecule has 3 rings (SSSR count). The van der Waals surface area contributed by atoms with E-state index in [0.717, 1.165) is 22.5 Å². The monoisotopic (exact) mass is 404 g/mol. The Hall–Kier alpha value is -1.46. The molecular formula is C19H21BrN2OS. The normalized spacial score (nSPS) is 17.3. The average molecular weight is 405 g/mol. The highest BCUT2D eigenvalue weighted by Crippen LogP contribution is 2.38. The lowest BCUT2D eigenvalue weighted by atomic mass is 10.0. The number of carbonyl (C=O) groups excluding carboxylic acids is 1. The lowest BCUT2D eigenvalue weighted by molar-refractivity contribution is 0.214. The van der Waals surface area contributed by atoms with E-state index in [1.807, 2.05) is 40.9 Å². The van der Waals surface area contributed by atoms with Crippen molar-refractivity contribution in [2.75, 3.05) is 17.6 Å². The van der Waals surface area contributed by atoms with Gasteiger partial charge in [0.1, 0.15) is 5.37 Å². The maximum absolute atomic E-state index is 12.6. The molecule has 0 aliphatic carbocycles. The molecule has 1 aliphatic heterocycles. The van der Waals surface area contributed by atoms with Gasteiger partial charge in [0.05, 0.1) is 0 Å². The van der Waals surface area contributed by atoms with E-state index in [1.165, 1.54) is 11.1 Å². The maximum atomic E-state index is 12.6. The van der Waals surface area contributed by atoms with Gasteiger partial charge in [0.2, 0.25) is 0 Å². The molecule has 0 spiro atoms. The highest BCUT2D eigenvalue weighted by atomic mass is 79.9. The van der Waals surface area contributed by atoms with Gasteiger partial charge in [-0.25, -0.2) is 4.79 Å². The molecule has 1 atom stereocenters. The van der Waals surface area contributed by atoms with Crippen LogP contribution in [-0.4, -0.2) is 23.2 Å². The molecule has 0 unspecified atom stereocenters. The van der Waals surface area contributed by atoms with Gasteiger partial charge in [0.25, 0.3) is 0 Å². The number of thioether (sulfide) groups is 1. The van der Waals surface area contributed by atoms with Crippen molar-refractivity contribution in [3.05, 3.63) is 64.1 Å². The molecule has 5 heteroatoms. The predicted octanol–water partition coefficient (Wildman–Crippen LogP) is 5.85. The van der Waals surface area contributed by atoms with Crippen LogP contribution in [-0.2, 0) is 0 Å². The molecular weight excluding hydrogens is 384 g/mol. The van der Waals surface area contributed by atoms with Crippen molar-refractivity contribution in [1.29, 1.82) is 0 Å². The van der Waals surface area contributed by atoms with Gasteiger partial charge in [-0.3, -0.25) is 0 Å². The Balaban J connectivity index is 1.72. The summed E-state index contributed by atoms with van der Waals surface area (Å²) in [5, 5.41) is 3.08. The first-order chi connectivity index (χ1) is 11.5. The average Bonchev–Trinajstić information content (AvgIpc) is 3.07. The highest BCUT2D eigenvalue weighted by Gasteiger charge is 2.30. The third-order valence-electron chi connectivity index (χ3n) is 4.14. The van der Waals surface area contributed by atoms with Crippen LogP contribution < -0.4 is 5.32 Å². The lowest BCUT2D eigenvalue weighted by Gasteiger charge is -2.24. The fourth-order valence-electron chi connectivity index (χ4n) is 2.73. The smallest absolute Gasteiger partial charge is 0.308 e. The van der Waals surface area contributed by atoms with Crippen molar-refractivity contribution < 1.29 is 4.79 Å². The summed E-state index contributed by atoms with van der Waals surface area (Å²) in [6, 6.07) is 16.3. The lowest BCUT2D eigenvalue weighted by Crippen LogP contribution is -2.34. The standard InChI is InChI=1S/C19H21BrN2OS/c1-13(2)14-3-5-15(6-4-14)18-22(11-12-24-18)19(23)21-17-9-7-16(20)8-10-17/h3-10,13,18H,11-12H2,1-2H3,(H,21,23)/t18-/m1/s1. The van der Waals surface area contributed by atoms with Crippen molar-refractivity contribution in [3.8, 4) is 0 Å². The minimum absolute atomic E-state index is 0.0414. The van der Waals surface area contributed by atoms with Crippen LogP contribution in [0, 0.1) is 0 Å². The summed E-state index contributed by atoms with van der Waals surface area (Å²) >= 11 is 5.22. The summed E-state index contributed by atoms with van der Waals surface area (Å²) < 4.78 is 1.00. The number of carbonyl (C=O) groups is 1. The zero-order valence-electron chi connectivity index (χ0n) is 13.8. The molecule has 24 heavy (non-hydrogen) atoms. The third-order valence-corrected chi connectivity index (χ3v) is 5.92. The molecule has 0 aromatic heterocycles. The largest absolute Gasteiger partial charge is 0.323 e. The maximum Gasteiger partial charge on any atom is 0.323 e. The first-order valence-electron chi connectivity index (χ1n) is 8.09. The Morgan fingerprint density at radius 3 is 2.46 bits per heavy atom. The molecule has 2 aromatic carbocycles. The minimum atomic E-state index is -0.0414. The predicted molar refractivity (Wildman–Crippen MR) is 106 cm³/mol. The Morgan fingerprint density at radius 2 is 1.83 bits per heavy atom. The Bertz CT molecular complexity index is 700. The topological polar surface area (TPSA) is 32.3 Å². The van der Waals surface area contributed by atoms with Gasteiger partial charge in [-0.05, 0) is 41.3 Å². The van der Waals surface area contributed by atoms with Crippen LogP contribution in [0.1, 0.15) is 36.3 Å². The van der Waals surface area contributed by atoms with Crippen LogP contribution in [0.5, 0.6) is 0 Å². The van der Waals surface area contributed by atoms with Crippen molar-refractivity contribution in [1.82, 2.24) is 4.90 Å². The number of urea groups is 1. The second-order valence-electron chi connectivity index (χ2n) is 6.17. The number of anilines is 1. The van der Waals surface area contributed by atoms with Crippen LogP contribution in [0.15, 0.2) is 53.0 Å². The van der Waals surface area contributed by atoms with Crippen LogP contribution in [0.25, 0.3) is 0 Å². The molecule has 1 saturated heterocycles. The van der Waals surface area contributed by atoms with Crippen molar-refractivity contribution >= 4 is 39.4 Å². The van der Waals surface area contributed by atoms with E-state index in [4.69, 9.17) is 0 Å². The number of amides is 2. The number of halogens is 1. The number of nitrogens with zero attached hydrogens (tertiary/aromatic N) is 1. The van der Waals surface area contributed by atoms with Gasteiger partial charge in [-0.15, -0.1) is 11.8 Å². The minimum Gasteiger partial charge on any atom is -0.308 e. The summed E-state index contributed by atoms with van der Waals surface area (Å²) in [5.41, 5.74) is 3.33. The molecule has 1 fully saturated rings. The third kappa shape index (κ3) is 3.95. The Morgan fingerprint density at radius 1 is 1.17 bits per heavy atom. The van der Waals surface area contributed by atoms with E-state index in [0.29, 0.717) is 5.92 Å². The van der Waals surface area contributed by atoms with E-state index in [2.05, 4.69) is 59.4 Å². The molecule has 126 valence electrons. The first-order valence-corrected chi connectivity index (χ1v) is 9.93. The fourth-order valence-corrected chi connectivity index (χ4v) is 4.25. The first kappa shape index (κ1) is 17.4. The number of nitrogens with one attached hydrogen (secondary N) is 1. The number of hydrogen-bond donors (Lipinski definition) is 1. The molecule has 0 saturated carbocycles. The van der Waals surface area contributed by atoms with E-state index in [-0.39, 0.29) is 11.4 Å². The van der Waals surface area contributed by atoms with Gasteiger partial charge in [-0.2, -0.15) is 0 Å². The van der Waals surface area contributed by atoms with Gasteiger partial charge < -0.3 is 10.2 Å². The molecule has 1 heterocycles. The highest BCUT2D eigenvalue weighted by molar-refractivity contribution is 9.10. The van der Waals surface area contributed by atoms with E-state index < -0.39 is 0 Å². The van der Waals surface area contributed by atoms with Crippen LogP contribution in [0.3, 0.4) is 0 Å². The van der Waals surface area contributed by atoms with Crippen LogP contribution in [0.2, 0.25) is 0 Å². The second kappa shape index (κ2) is 7.62. The Kier molecular flexibility index (Phi) is 5.51. The molecule has 1 N–H and O–H groups in total. The Labute approximate surface area is 155 Å². The molecule has 2 amide bonds. The summed E-state index contributed by atoms with van der Waals surface area (Å²) in [6.45, 7) is 5.15. The molecule has 1 aliphatic rings. The molecule has 2 aromatic rings. The van der Waals surface area contributed by atoms with Gasteiger partial charge in [0, 0.05) is 22.5 Å². The summed E-state index contributed by atoms with van der Waals surface area (Å²) in [5.74, 6) is 1.48. The van der Waals surface area contributed by atoms with Gasteiger partial charge >= 0.3 is 6.03 Å². The zero-order valence-corrected chi connectivity index (χ0v) is 16.2. The van der Waals surface area contributed by atoms with E-state index >= 15 is 0 Å². The fraction of sp³-hybridized carbons (Fsp3) is 0.316. The van der Waals surface area contributed by atoms with E-state index in [1.54, 1.807) is 0 Å². The quantitative estimate of drug-likeness (QED) is 0.695.